The summed E-state index contributed by atoms with van der Waals surface area (Å²) >= 11 is 12.4. The number of rotatable bonds is 6. The third kappa shape index (κ3) is 6.08. The second-order valence-corrected chi connectivity index (χ2v) is 13.9. The Morgan fingerprint density at radius 1 is 1.11 bits per heavy atom. The predicted octanol–water partition coefficient (Wildman–Crippen LogP) is 6.25. The van der Waals surface area contributed by atoms with Crippen molar-refractivity contribution < 1.29 is 14.5 Å². The molecule has 6 rings (SSSR count). The molecule has 226 valence electrons. The average molecular weight is 744 g/mol. The molecule has 0 saturated carbocycles. The minimum Gasteiger partial charge on any atom is -0.338 e. The Hall–Kier alpha value is -3.09. The number of piperidine rings is 1. The van der Waals surface area contributed by atoms with E-state index in [0.717, 1.165) is 33.2 Å². The molecule has 0 atom stereocenters. The maximum Gasteiger partial charge on any atom is 0.331 e. The highest BCUT2D eigenvalue weighted by atomic mass is 127. The Morgan fingerprint density at radius 3 is 2.64 bits per heavy atom. The van der Waals surface area contributed by atoms with E-state index in [9.17, 15) is 4.79 Å². The molecule has 7 nitrogen and oxygen atoms in total. The molecule has 11 heteroatoms. The molecular formula is C33H31Cl2FIN6O+. The van der Waals surface area contributed by atoms with Gasteiger partial charge in [-0.3, -0.25) is 9.79 Å². The molecule has 1 amide bonds. The lowest BCUT2D eigenvalue weighted by Crippen LogP contribution is -2.72. The van der Waals surface area contributed by atoms with E-state index >= 15 is 4.39 Å². The van der Waals surface area contributed by atoms with Gasteiger partial charge in [-0.25, -0.2) is 9.71 Å². The lowest BCUT2D eigenvalue weighted by Gasteiger charge is -2.39. The van der Waals surface area contributed by atoms with E-state index in [1.165, 1.54) is 6.07 Å². The van der Waals surface area contributed by atoms with Crippen molar-refractivity contribution in [3.63, 3.8) is 0 Å². The fourth-order valence-electron chi connectivity index (χ4n) is 5.62. The molecule has 0 bridgehead atoms. The zero-order valence-electron chi connectivity index (χ0n) is 24.3. The topological polar surface area (TPSA) is 87.1 Å². The fraction of sp³-hybridized carbons (Fsp3) is 0.242. The van der Waals surface area contributed by atoms with E-state index in [1.54, 1.807) is 30.5 Å². The van der Waals surface area contributed by atoms with E-state index in [2.05, 4.69) is 21.7 Å². The second-order valence-electron chi connectivity index (χ2n) is 11.2. The van der Waals surface area contributed by atoms with Crippen molar-refractivity contribution in [1.29, 1.82) is 0 Å². The van der Waals surface area contributed by atoms with Crippen LogP contribution in [0.25, 0.3) is 11.3 Å². The number of halogens is 4. The van der Waals surface area contributed by atoms with Crippen molar-refractivity contribution in [3.05, 3.63) is 102 Å². The van der Waals surface area contributed by atoms with Gasteiger partial charge in [-0.2, -0.15) is 9.97 Å². The van der Waals surface area contributed by atoms with Gasteiger partial charge in [0.25, 0.3) is 5.91 Å². The number of carbonyl (C=O) groups is 1. The quantitative estimate of drug-likeness (QED) is 0.181. The summed E-state index contributed by atoms with van der Waals surface area (Å²) in [5.74, 6) is 0.0731. The fourth-order valence-corrected chi connectivity index (χ4v) is 7.42. The maximum atomic E-state index is 15.3. The van der Waals surface area contributed by atoms with Crippen LogP contribution in [0.3, 0.4) is 0 Å². The lowest BCUT2D eigenvalue weighted by molar-refractivity contribution is -0.487. The van der Waals surface area contributed by atoms with Crippen LogP contribution in [-0.2, 0) is 6.54 Å². The zero-order valence-corrected chi connectivity index (χ0v) is 28.0. The van der Waals surface area contributed by atoms with Crippen LogP contribution in [0, 0.1) is 9.39 Å². The van der Waals surface area contributed by atoms with E-state index in [1.807, 2.05) is 41.5 Å². The molecule has 1 saturated heterocycles. The van der Waals surface area contributed by atoms with Crippen LogP contribution < -0.4 is 10.6 Å². The molecule has 3 heterocycles. The maximum absolute atomic E-state index is 15.3. The van der Waals surface area contributed by atoms with Crippen molar-refractivity contribution in [2.24, 2.45) is 4.99 Å². The second kappa shape index (κ2) is 12.7. The largest absolute Gasteiger partial charge is 0.338 e. The normalized spacial score (nSPS) is 15.7. The standard InChI is InChI=1S/C33H30Cl2FIN6O/c1-33(38-3)11-13-43(14-12-33)31(44)23-10-8-21(16-25(23)35)41-32-40-18-19-17-39-30(28-26(36)5-4-6-27(28)37-2)24-15-20(34)7-9-22(24)29(19)42-32/h4-10,15-16,18,38H,2,11-14,17H2,1,3H3,(H,40,41,42)/p+1. The van der Waals surface area contributed by atoms with Gasteiger partial charge in [-0.05, 0) is 57.1 Å². The Balaban J connectivity index is 1.29. The number of nitrogens with one attached hydrogen (secondary N) is 1. The summed E-state index contributed by atoms with van der Waals surface area (Å²) in [6.45, 7) is 3.82. The summed E-state index contributed by atoms with van der Waals surface area (Å²) in [5.41, 5.74) is 5.33. The number of nitrogens with two attached hydrogens (primary N) is 1. The summed E-state index contributed by atoms with van der Waals surface area (Å²) in [6.07, 6.45) is 3.52. The van der Waals surface area contributed by atoms with E-state index in [-0.39, 0.29) is 23.8 Å². The van der Waals surface area contributed by atoms with Crippen LogP contribution >= 0.6 is 43.9 Å². The highest BCUT2D eigenvalue weighted by Gasteiger charge is 2.31. The molecule has 2 aliphatic heterocycles. The van der Waals surface area contributed by atoms with Crippen molar-refractivity contribution in [3.8, 4) is 11.3 Å². The van der Waals surface area contributed by atoms with E-state index in [4.69, 9.17) is 33.2 Å². The number of carbonyl (C=O) groups excluding carboxylic acids is 1. The molecule has 2 aliphatic rings. The first-order valence-corrected chi connectivity index (χ1v) is 17.6. The molecule has 1 aromatic heterocycles. The number of quaternary nitrogens is 1. The lowest BCUT2D eigenvalue weighted by atomic mass is 9.89. The number of hydrogen-bond acceptors (Lipinski definition) is 5. The number of fused-ring (bicyclic) bond motifs is 3. The smallest absolute Gasteiger partial charge is 0.331 e. The first-order valence-electron chi connectivity index (χ1n) is 14.2. The molecule has 0 aliphatic carbocycles. The Morgan fingerprint density at radius 2 is 1.91 bits per heavy atom. The first kappa shape index (κ1) is 30.9. The van der Waals surface area contributed by atoms with Gasteiger partial charge in [0.1, 0.15) is 11.5 Å². The summed E-state index contributed by atoms with van der Waals surface area (Å²) in [6, 6.07) is 16.0. The number of aliphatic imine (C=N–C) groups is 1. The van der Waals surface area contributed by atoms with Crippen LogP contribution in [0.5, 0.6) is 0 Å². The first-order chi connectivity index (χ1) is 21.2. The Kier molecular flexibility index (Phi) is 8.94. The van der Waals surface area contributed by atoms with Crippen LogP contribution in [0.4, 0.5) is 16.0 Å². The average Bonchev–Trinajstić information content (AvgIpc) is 3.17. The highest BCUT2D eigenvalue weighted by molar-refractivity contribution is 14.2. The predicted molar refractivity (Wildman–Crippen MR) is 183 cm³/mol. The summed E-state index contributed by atoms with van der Waals surface area (Å²) in [5, 5.41) is 6.09. The van der Waals surface area contributed by atoms with Gasteiger partial charge in [-0.15, -0.1) is 0 Å². The third-order valence-corrected chi connectivity index (χ3v) is 10.7. The number of aromatic nitrogens is 2. The summed E-state index contributed by atoms with van der Waals surface area (Å²) in [4.78, 5) is 29.5. The third-order valence-electron chi connectivity index (χ3n) is 8.40. The van der Waals surface area contributed by atoms with Gasteiger partial charge >= 0.3 is 5.95 Å². The van der Waals surface area contributed by atoms with Crippen molar-refractivity contribution in [2.45, 2.75) is 31.8 Å². The highest BCUT2D eigenvalue weighted by Crippen LogP contribution is 2.35. The van der Waals surface area contributed by atoms with Crippen LogP contribution in [-0.4, -0.2) is 56.7 Å². The minimum atomic E-state index is -0.650. The van der Waals surface area contributed by atoms with Gasteiger partial charge in [0.15, 0.2) is 0 Å². The Bertz CT molecular complexity index is 1820. The van der Waals surface area contributed by atoms with Crippen molar-refractivity contribution in [2.75, 3.05) is 20.1 Å². The van der Waals surface area contributed by atoms with Crippen LogP contribution in [0.15, 0.2) is 65.8 Å². The molecular weight excluding hydrogens is 713 g/mol. The van der Waals surface area contributed by atoms with Gasteiger partial charge in [0.2, 0.25) is 0 Å². The molecule has 44 heavy (non-hydrogen) atoms. The number of hydrogen-bond donors (Lipinski definition) is 2. The molecule has 0 unspecified atom stereocenters. The Labute approximate surface area is 275 Å². The molecule has 3 N–H and O–H groups in total. The van der Waals surface area contributed by atoms with Gasteiger partial charge < -0.3 is 10.2 Å². The van der Waals surface area contributed by atoms with E-state index < -0.39 is 20.7 Å². The van der Waals surface area contributed by atoms with Gasteiger partial charge in [-0.1, -0.05) is 60.6 Å². The summed E-state index contributed by atoms with van der Waals surface area (Å²) < 4.78 is 20.2. The van der Waals surface area contributed by atoms with Crippen LogP contribution in [0.2, 0.25) is 10.0 Å². The SMILES string of the molecule is C=Ic1cccc(F)c1C1=NCc2cnc([NH2+]c3ccc(C(=O)N4CCC(C)(NC)CC4)c(Cl)c3)nc2-c2ccc(Cl)cc21. The molecule has 0 radical (unpaired) electrons. The van der Waals surface area contributed by atoms with Crippen LogP contribution in [0.1, 0.15) is 46.8 Å². The zero-order chi connectivity index (χ0) is 31.0. The number of amides is 1. The van der Waals surface area contributed by atoms with Gasteiger partial charge in [0.05, 0.1) is 28.5 Å². The minimum absolute atomic E-state index is 0.0443. The van der Waals surface area contributed by atoms with Crippen molar-refractivity contribution in [1.82, 2.24) is 20.2 Å². The number of nitrogens with zero attached hydrogens (tertiary/aromatic N) is 4. The molecule has 3 aromatic carbocycles. The molecule has 1 fully saturated rings. The molecule has 0 spiro atoms. The monoisotopic (exact) mass is 743 g/mol. The van der Waals surface area contributed by atoms with Crippen molar-refractivity contribution >= 4 is 71.7 Å². The van der Waals surface area contributed by atoms with Gasteiger partial charge in [0, 0.05) is 67.8 Å². The molecule has 4 aromatic rings. The summed E-state index contributed by atoms with van der Waals surface area (Å²) in [7, 11) is 1.96. The number of benzene rings is 3. The number of likely N-dealkylation sites (tertiary alicyclic amines) is 1. The van der Waals surface area contributed by atoms with E-state index in [0.29, 0.717) is 57.2 Å².